The Morgan fingerprint density at radius 2 is 1.62 bits per heavy atom. The Labute approximate surface area is 169 Å². The van der Waals surface area contributed by atoms with Crippen molar-refractivity contribution in [1.82, 2.24) is 4.57 Å². The lowest BCUT2D eigenvalue weighted by Gasteiger charge is -2.12. The first-order chi connectivity index (χ1) is 14.0. The van der Waals surface area contributed by atoms with Gasteiger partial charge in [0.15, 0.2) is 0 Å². The zero-order valence-electron chi connectivity index (χ0n) is 16.6. The molecule has 0 unspecified atom stereocenters. The largest absolute Gasteiger partial charge is 0.366 e. The number of nitrogens with two attached hydrogens (primary N) is 1. The number of nitrogens with zero attached hydrogens (tertiary/aromatic N) is 1. The molecule has 29 heavy (non-hydrogen) atoms. The normalized spacial score (nSPS) is 11.5. The molecule has 1 heterocycles. The van der Waals surface area contributed by atoms with Crippen molar-refractivity contribution in [2.75, 3.05) is 0 Å². The lowest BCUT2D eigenvalue weighted by atomic mass is 10.0. The van der Waals surface area contributed by atoms with Gasteiger partial charge in [-0.15, -0.1) is 0 Å². The second-order valence-corrected chi connectivity index (χ2v) is 7.76. The summed E-state index contributed by atoms with van der Waals surface area (Å²) in [7, 11) is 0. The number of hydrogen-bond donors (Lipinski definition) is 1. The Morgan fingerprint density at radius 1 is 0.828 bits per heavy atom. The van der Waals surface area contributed by atoms with Crippen molar-refractivity contribution in [2.24, 2.45) is 5.73 Å². The van der Waals surface area contributed by atoms with E-state index >= 15 is 0 Å². The van der Waals surface area contributed by atoms with Crippen molar-refractivity contribution in [2.45, 2.75) is 20.4 Å². The Morgan fingerprint density at radius 3 is 2.41 bits per heavy atom. The van der Waals surface area contributed by atoms with Gasteiger partial charge in [0.1, 0.15) is 0 Å². The van der Waals surface area contributed by atoms with Crippen LogP contribution in [0.4, 0.5) is 0 Å². The SMILES string of the molecule is Cc1ccc2c3c(C(N)=O)cccc3n(Cc3ccc(C)c4ccccc34)c2c1. The highest BCUT2D eigenvalue weighted by atomic mass is 16.1. The average molecular weight is 378 g/mol. The lowest BCUT2D eigenvalue weighted by Crippen LogP contribution is -2.11. The maximum atomic E-state index is 12.1. The topological polar surface area (TPSA) is 48.0 Å². The predicted octanol–water partition coefficient (Wildman–Crippen LogP) is 5.71. The number of primary amides is 1. The third-order valence-corrected chi connectivity index (χ3v) is 5.87. The summed E-state index contributed by atoms with van der Waals surface area (Å²) >= 11 is 0. The van der Waals surface area contributed by atoms with Gasteiger partial charge >= 0.3 is 0 Å². The Balaban J connectivity index is 1.84. The minimum atomic E-state index is -0.393. The molecule has 4 aromatic carbocycles. The fourth-order valence-electron chi connectivity index (χ4n) is 4.45. The van der Waals surface area contributed by atoms with Crippen LogP contribution in [0.25, 0.3) is 32.6 Å². The Hall–Kier alpha value is -3.59. The van der Waals surface area contributed by atoms with Crippen LogP contribution < -0.4 is 5.73 Å². The molecule has 0 aliphatic carbocycles. The first kappa shape index (κ1) is 17.5. The van der Waals surface area contributed by atoms with Gasteiger partial charge in [0, 0.05) is 28.4 Å². The molecule has 0 saturated heterocycles. The fraction of sp³-hybridized carbons (Fsp3) is 0.115. The van der Waals surface area contributed by atoms with Crippen molar-refractivity contribution in [3.8, 4) is 0 Å². The van der Waals surface area contributed by atoms with E-state index in [1.165, 1.54) is 27.5 Å². The highest BCUT2D eigenvalue weighted by Crippen LogP contribution is 2.34. The van der Waals surface area contributed by atoms with E-state index in [0.717, 1.165) is 28.4 Å². The molecular weight excluding hydrogens is 356 g/mol. The molecule has 0 fully saturated rings. The van der Waals surface area contributed by atoms with Crippen LogP contribution in [0.15, 0.2) is 72.8 Å². The molecule has 0 atom stereocenters. The van der Waals surface area contributed by atoms with Gasteiger partial charge in [-0.05, 0) is 59.5 Å². The molecule has 0 aliphatic heterocycles. The van der Waals surface area contributed by atoms with Crippen LogP contribution in [-0.4, -0.2) is 10.5 Å². The van der Waals surface area contributed by atoms with Gasteiger partial charge in [-0.25, -0.2) is 0 Å². The van der Waals surface area contributed by atoms with E-state index in [4.69, 9.17) is 5.73 Å². The first-order valence-corrected chi connectivity index (χ1v) is 9.83. The Kier molecular flexibility index (Phi) is 3.92. The van der Waals surface area contributed by atoms with Gasteiger partial charge < -0.3 is 10.3 Å². The number of rotatable bonds is 3. The molecule has 5 aromatic rings. The van der Waals surface area contributed by atoms with Gasteiger partial charge in [0.25, 0.3) is 0 Å². The molecule has 0 aliphatic rings. The number of hydrogen-bond acceptors (Lipinski definition) is 1. The van der Waals surface area contributed by atoms with E-state index in [2.05, 4.69) is 79.1 Å². The molecule has 0 spiro atoms. The van der Waals surface area contributed by atoms with Crippen LogP contribution in [-0.2, 0) is 6.54 Å². The fourth-order valence-corrected chi connectivity index (χ4v) is 4.45. The summed E-state index contributed by atoms with van der Waals surface area (Å²) in [4.78, 5) is 12.1. The van der Waals surface area contributed by atoms with E-state index < -0.39 is 5.91 Å². The number of aromatic nitrogens is 1. The molecule has 3 nitrogen and oxygen atoms in total. The smallest absolute Gasteiger partial charge is 0.249 e. The van der Waals surface area contributed by atoms with Crippen molar-refractivity contribution < 1.29 is 4.79 Å². The molecule has 1 amide bonds. The van der Waals surface area contributed by atoms with E-state index in [0.29, 0.717) is 5.56 Å². The van der Waals surface area contributed by atoms with Crippen LogP contribution in [0.2, 0.25) is 0 Å². The van der Waals surface area contributed by atoms with Gasteiger partial charge in [0.05, 0.1) is 5.52 Å². The number of carbonyl (C=O) groups is 1. The van der Waals surface area contributed by atoms with Crippen LogP contribution in [0, 0.1) is 13.8 Å². The molecule has 5 rings (SSSR count). The summed E-state index contributed by atoms with van der Waals surface area (Å²) < 4.78 is 2.31. The van der Waals surface area contributed by atoms with Crippen LogP contribution in [0.5, 0.6) is 0 Å². The van der Waals surface area contributed by atoms with Crippen molar-refractivity contribution in [1.29, 1.82) is 0 Å². The lowest BCUT2D eigenvalue weighted by molar-refractivity contribution is 0.100. The van der Waals surface area contributed by atoms with E-state index in [1.807, 2.05) is 12.1 Å². The highest BCUT2D eigenvalue weighted by Gasteiger charge is 2.17. The number of carbonyl (C=O) groups excluding carboxylic acids is 1. The van der Waals surface area contributed by atoms with E-state index in [9.17, 15) is 4.79 Å². The van der Waals surface area contributed by atoms with Crippen LogP contribution in [0.1, 0.15) is 27.0 Å². The highest BCUT2D eigenvalue weighted by molar-refractivity contribution is 6.18. The first-order valence-electron chi connectivity index (χ1n) is 9.83. The molecule has 0 radical (unpaired) electrons. The summed E-state index contributed by atoms with van der Waals surface area (Å²) in [6.45, 7) is 4.97. The maximum Gasteiger partial charge on any atom is 0.249 e. The van der Waals surface area contributed by atoms with Crippen molar-refractivity contribution in [3.63, 3.8) is 0 Å². The van der Waals surface area contributed by atoms with Gasteiger partial charge in [-0.3, -0.25) is 4.79 Å². The summed E-state index contributed by atoms with van der Waals surface area (Å²) in [5.41, 5.74) is 12.2. The molecule has 2 N–H and O–H groups in total. The second kappa shape index (κ2) is 6.49. The number of benzene rings is 4. The summed E-state index contributed by atoms with van der Waals surface area (Å²) in [5, 5.41) is 4.55. The third kappa shape index (κ3) is 2.70. The molecule has 3 heteroatoms. The maximum absolute atomic E-state index is 12.1. The van der Waals surface area contributed by atoms with Crippen LogP contribution in [0.3, 0.4) is 0 Å². The monoisotopic (exact) mass is 378 g/mol. The zero-order chi connectivity index (χ0) is 20.1. The van der Waals surface area contributed by atoms with Gasteiger partial charge in [-0.2, -0.15) is 0 Å². The van der Waals surface area contributed by atoms with Crippen molar-refractivity contribution in [3.05, 3.63) is 95.1 Å². The van der Waals surface area contributed by atoms with Gasteiger partial charge in [0.2, 0.25) is 5.91 Å². The number of amides is 1. The minimum Gasteiger partial charge on any atom is -0.366 e. The summed E-state index contributed by atoms with van der Waals surface area (Å²) in [6.07, 6.45) is 0. The summed E-state index contributed by atoms with van der Waals surface area (Å²) in [6, 6.07) is 25.1. The molecule has 142 valence electrons. The standard InChI is InChI=1S/C26H22N2O/c1-16-10-13-21-24(14-16)28(23-9-5-8-22(25(21)23)26(27)29)15-18-12-11-17(2)19-6-3-4-7-20(18)19/h3-14H,15H2,1-2H3,(H2,27,29). The zero-order valence-corrected chi connectivity index (χ0v) is 16.6. The number of aryl methyl sites for hydroxylation is 2. The van der Waals surface area contributed by atoms with E-state index in [1.54, 1.807) is 0 Å². The minimum absolute atomic E-state index is 0.393. The second-order valence-electron chi connectivity index (χ2n) is 7.76. The Bertz CT molecular complexity index is 1430. The molecule has 0 bridgehead atoms. The number of fused-ring (bicyclic) bond motifs is 4. The molecule has 1 aromatic heterocycles. The third-order valence-electron chi connectivity index (χ3n) is 5.87. The molecule has 0 saturated carbocycles. The van der Waals surface area contributed by atoms with E-state index in [-0.39, 0.29) is 0 Å². The molecular formula is C26H22N2O. The average Bonchev–Trinajstić information content (AvgIpc) is 3.03. The predicted molar refractivity (Wildman–Crippen MR) is 120 cm³/mol. The van der Waals surface area contributed by atoms with Crippen molar-refractivity contribution >= 4 is 38.5 Å². The van der Waals surface area contributed by atoms with Gasteiger partial charge in [-0.1, -0.05) is 54.6 Å². The van der Waals surface area contributed by atoms with Crippen LogP contribution >= 0.6 is 0 Å². The summed E-state index contributed by atoms with van der Waals surface area (Å²) in [5.74, 6) is -0.393. The quantitative estimate of drug-likeness (QED) is 0.429.